The molecule has 0 spiro atoms. The van der Waals surface area contributed by atoms with Crippen LogP contribution >= 0.6 is 11.3 Å². The van der Waals surface area contributed by atoms with Crippen LogP contribution in [0.4, 0.5) is 5.69 Å². The summed E-state index contributed by atoms with van der Waals surface area (Å²) in [5.41, 5.74) is 7.91. The zero-order valence-electron chi connectivity index (χ0n) is 11.7. The second-order valence-corrected chi connectivity index (χ2v) is 5.54. The molecule has 0 fully saturated rings. The highest BCUT2D eigenvalue weighted by Crippen LogP contribution is 2.11. The van der Waals surface area contributed by atoms with Gasteiger partial charge in [-0.2, -0.15) is 0 Å². The number of thiazole rings is 1. The summed E-state index contributed by atoms with van der Waals surface area (Å²) in [6.07, 6.45) is 3.14. The average molecular weight is 288 g/mol. The minimum Gasteiger partial charge on any atom is -0.370 e. The van der Waals surface area contributed by atoms with Gasteiger partial charge >= 0.3 is 0 Å². The van der Waals surface area contributed by atoms with Crippen molar-refractivity contribution in [3.63, 3.8) is 0 Å². The standard InChI is InChI=1S/C15H20N4S/c1-12-11-20-14(18-12)9-5-6-10-17-15(16)19-13-7-3-2-4-8-13/h2-4,7-8,11H,5-6,9-10H2,1H3,(H3,16,17,19). The highest BCUT2D eigenvalue weighted by molar-refractivity contribution is 7.09. The molecule has 20 heavy (non-hydrogen) atoms. The minimum atomic E-state index is 0.473. The van der Waals surface area contributed by atoms with Crippen molar-refractivity contribution < 1.29 is 0 Å². The zero-order valence-corrected chi connectivity index (χ0v) is 12.5. The molecule has 2 rings (SSSR count). The summed E-state index contributed by atoms with van der Waals surface area (Å²) in [6, 6.07) is 9.83. The van der Waals surface area contributed by atoms with Gasteiger partial charge in [0.1, 0.15) is 0 Å². The summed E-state index contributed by atoms with van der Waals surface area (Å²) in [7, 11) is 0. The van der Waals surface area contributed by atoms with Gasteiger partial charge < -0.3 is 11.1 Å². The van der Waals surface area contributed by atoms with E-state index in [1.807, 2.05) is 37.3 Å². The quantitative estimate of drug-likeness (QED) is 0.487. The van der Waals surface area contributed by atoms with Crippen LogP contribution in [0.5, 0.6) is 0 Å². The third kappa shape index (κ3) is 5.01. The first-order valence-corrected chi connectivity index (χ1v) is 7.65. The van der Waals surface area contributed by atoms with Crippen molar-refractivity contribution in [2.45, 2.75) is 26.2 Å². The fourth-order valence-electron chi connectivity index (χ4n) is 1.81. The van der Waals surface area contributed by atoms with Crippen molar-refractivity contribution in [3.8, 4) is 0 Å². The van der Waals surface area contributed by atoms with Crippen LogP contribution in [0.1, 0.15) is 23.5 Å². The maximum absolute atomic E-state index is 5.83. The lowest BCUT2D eigenvalue weighted by atomic mass is 10.2. The lowest BCUT2D eigenvalue weighted by Gasteiger charge is -2.04. The molecule has 106 valence electrons. The van der Waals surface area contributed by atoms with Crippen LogP contribution in [0.25, 0.3) is 0 Å². The van der Waals surface area contributed by atoms with Crippen LogP contribution in [-0.4, -0.2) is 17.5 Å². The van der Waals surface area contributed by atoms with E-state index in [0.717, 1.165) is 37.2 Å². The van der Waals surface area contributed by atoms with Crippen molar-refractivity contribution in [2.75, 3.05) is 11.9 Å². The molecule has 0 aliphatic heterocycles. The van der Waals surface area contributed by atoms with E-state index in [2.05, 4.69) is 20.7 Å². The summed E-state index contributed by atoms with van der Waals surface area (Å²) in [5, 5.41) is 6.37. The van der Waals surface area contributed by atoms with Crippen molar-refractivity contribution in [1.82, 2.24) is 4.98 Å². The second kappa shape index (κ2) is 7.65. The molecule has 0 saturated heterocycles. The third-order valence-electron chi connectivity index (χ3n) is 2.79. The minimum absolute atomic E-state index is 0.473. The van der Waals surface area contributed by atoms with Crippen LogP contribution in [0.2, 0.25) is 0 Å². The van der Waals surface area contributed by atoms with E-state index in [-0.39, 0.29) is 0 Å². The Morgan fingerprint density at radius 2 is 2.10 bits per heavy atom. The number of anilines is 1. The maximum Gasteiger partial charge on any atom is 0.193 e. The van der Waals surface area contributed by atoms with E-state index in [9.17, 15) is 0 Å². The van der Waals surface area contributed by atoms with Gasteiger partial charge in [0, 0.05) is 23.3 Å². The number of para-hydroxylation sites is 1. The number of rotatable bonds is 6. The molecule has 1 aromatic heterocycles. The highest BCUT2D eigenvalue weighted by Gasteiger charge is 1.98. The largest absolute Gasteiger partial charge is 0.370 e. The first kappa shape index (κ1) is 14.5. The first-order chi connectivity index (χ1) is 9.74. The molecule has 2 aromatic rings. The van der Waals surface area contributed by atoms with Gasteiger partial charge in [-0.15, -0.1) is 11.3 Å². The van der Waals surface area contributed by atoms with Crippen LogP contribution in [0, 0.1) is 6.92 Å². The fourth-order valence-corrected chi connectivity index (χ4v) is 2.63. The van der Waals surface area contributed by atoms with Crippen molar-refractivity contribution in [2.24, 2.45) is 10.7 Å². The Hall–Kier alpha value is -1.88. The van der Waals surface area contributed by atoms with E-state index in [4.69, 9.17) is 5.73 Å². The number of hydrogen-bond acceptors (Lipinski definition) is 3. The van der Waals surface area contributed by atoms with Gasteiger partial charge in [-0.3, -0.25) is 4.99 Å². The van der Waals surface area contributed by atoms with Gasteiger partial charge in [0.25, 0.3) is 0 Å². The predicted molar refractivity (Wildman–Crippen MR) is 86.3 cm³/mol. The van der Waals surface area contributed by atoms with Crippen LogP contribution in [0.15, 0.2) is 40.7 Å². The fraction of sp³-hybridized carbons (Fsp3) is 0.333. The molecule has 0 saturated carbocycles. The molecule has 0 radical (unpaired) electrons. The Morgan fingerprint density at radius 3 is 2.80 bits per heavy atom. The second-order valence-electron chi connectivity index (χ2n) is 4.60. The number of benzene rings is 1. The Bertz CT molecular complexity index is 548. The number of hydrogen-bond donors (Lipinski definition) is 2. The SMILES string of the molecule is Cc1csc(CCCCN=C(N)Nc2ccccc2)n1. The molecular weight excluding hydrogens is 268 g/mol. The lowest BCUT2D eigenvalue weighted by molar-refractivity contribution is 0.741. The number of guanidine groups is 1. The first-order valence-electron chi connectivity index (χ1n) is 6.77. The van der Waals surface area contributed by atoms with E-state index in [1.54, 1.807) is 11.3 Å². The Morgan fingerprint density at radius 1 is 1.30 bits per heavy atom. The molecule has 4 nitrogen and oxygen atoms in total. The van der Waals surface area contributed by atoms with Gasteiger partial charge in [0.05, 0.1) is 5.01 Å². The highest BCUT2D eigenvalue weighted by atomic mass is 32.1. The average Bonchev–Trinajstić information content (AvgIpc) is 2.85. The maximum atomic E-state index is 5.83. The topological polar surface area (TPSA) is 63.3 Å². The summed E-state index contributed by atoms with van der Waals surface area (Å²) in [4.78, 5) is 8.77. The van der Waals surface area contributed by atoms with Gasteiger partial charge in [-0.1, -0.05) is 18.2 Å². The van der Waals surface area contributed by atoms with Gasteiger partial charge in [0.2, 0.25) is 0 Å². The smallest absolute Gasteiger partial charge is 0.193 e. The molecule has 0 unspecified atom stereocenters. The predicted octanol–water partition coefficient (Wildman–Crippen LogP) is 3.20. The van der Waals surface area contributed by atoms with Crippen molar-refractivity contribution >= 4 is 23.0 Å². The Labute approximate surface area is 123 Å². The van der Waals surface area contributed by atoms with Crippen LogP contribution in [0.3, 0.4) is 0 Å². The molecule has 1 heterocycles. The molecule has 0 aliphatic rings. The van der Waals surface area contributed by atoms with Crippen LogP contribution in [-0.2, 0) is 6.42 Å². The van der Waals surface area contributed by atoms with E-state index in [0.29, 0.717) is 5.96 Å². The molecule has 0 atom stereocenters. The summed E-state index contributed by atoms with van der Waals surface area (Å²) in [6.45, 7) is 2.77. The molecule has 1 aromatic carbocycles. The normalized spacial score (nSPS) is 11.6. The molecule has 5 heteroatoms. The monoisotopic (exact) mass is 288 g/mol. The van der Waals surface area contributed by atoms with E-state index < -0.39 is 0 Å². The summed E-state index contributed by atoms with van der Waals surface area (Å²) >= 11 is 1.73. The Balaban J connectivity index is 1.65. The van der Waals surface area contributed by atoms with E-state index in [1.165, 1.54) is 5.01 Å². The molecule has 3 N–H and O–H groups in total. The number of nitrogens with one attached hydrogen (secondary N) is 1. The van der Waals surface area contributed by atoms with Crippen molar-refractivity contribution in [3.05, 3.63) is 46.4 Å². The Kier molecular flexibility index (Phi) is 5.55. The number of aliphatic imine (C=N–C) groups is 1. The summed E-state index contributed by atoms with van der Waals surface area (Å²) in [5.74, 6) is 0.473. The molecule has 0 aliphatic carbocycles. The van der Waals surface area contributed by atoms with Gasteiger partial charge in [-0.25, -0.2) is 4.98 Å². The lowest BCUT2D eigenvalue weighted by Crippen LogP contribution is -2.22. The molecular formula is C15H20N4S. The van der Waals surface area contributed by atoms with Crippen molar-refractivity contribution in [1.29, 1.82) is 0 Å². The van der Waals surface area contributed by atoms with Gasteiger partial charge in [0.15, 0.2) is 5.96 Å². The number of nitrogens with zero attached hydrogens (tertiary/aromatic N) is 2. The number of aromatic nitrogens is 1. The van der Waals surface area contributed by atoms with Gasteiger partial charge in [-0.05, 0) is 38.3 Å². The third-order valence-corrected chi connectivity index (χ3v) is 3.82. The number of aryl methyl sites for hydroxylation is 2. The van der Waals surface area contributed by atoms with E-state index >= 15 is 0 Å². The molecule has 0 amide bonds. The number of nitrogens with two attached hydrogens (primary N) is 1. The molecule has 0 bridgehead atoms. The number of unbranched alkanes of at least 4 members (excludes halogenated alkanes) is 1. The van der Waals surface area contributed by atoms with Crippen LogP contribution < -0.4 is 11.1 Å². The summed E-state index contributed by atoms with van der Waals surface area (Å²) < 4.78 is 0. The zero-order chi connectivity index (χ0) is 14.2.